The first-order valence-corrected chi connectivity index (χ1v) is 12.2. The summed E-state index contributed by atoms with van der Waals surface area (Å²) in [6.45, 7) is 4.90. The molecule has 0 spiro atoms. The molecule has 0 saturated carbocycles. The minimum atomic E-state index is -0.837. The smallest absolute Gasteiger partial charge is 0.176 e. The first-order chi connectivity index (χ1) is 17.0. The molecular weight excluding hydrogens is 449 g/mol. The number of aryl methyl sites for hydroxylation is 1. The predicted octanol–water partition coefficient (Wildman–Crippen LogP) is 8.20. The van der Waals surface area contributed by atoms with Crippen molar-refractivity contribution in [2.45, 2.75) is 51.7 Å². The van der Waals surface area contributed by atoms with E-state index in [-0.39, 0.29) is 23.6 Å². The highest BCUT2D eigenvalue weighted by Crippen LogP contribution is 2.32. The molecule has 3 aromatic rings. The number of hydrogen-bond donors (Lipinski definition) is 0. The van der Waals surface area contributed by atoms with E-state index in [2.05, 4.69) is 6.92 Å². The van der Waals surface area contributed by atoms with E-state index < -0.39 is 11.6 Å². The standard InChI is InChI=1S/C30H31F3O2/c1-3-5-6-8-22-13-16-26(30(33)29(22)32)21-11-9-20(10-12-21)25-15-14-23(17-27(25)31)24-18-34-28(7-4-2)35-19-24/h4,7,9-17,24,28H,3,5-6,8,18-19H2,1-2H3. The summed E-state index contributed by atoms with van der Waals surface area (Å²) >= 11 is 0. The Balaban J connectivity index is 1.49. The molecule has 1 saturated heterocycles. The third-order valence-electron chi connectivity index (χ3n) is 6.46. The van der Waals surface area contributed by atoms with Crippen LogP contribution in [0.1, 0.15) is 50.2 Å². The molecule has 35 heavy (non-hydrogen) atoms. The van der Waals surface area contributed by atoms with Crippen molar-refractivity contribution in [1.82, 2.24) is 0 Å². The van der Waals surface area contributed by atoms with Crippen molar-refractivity contribution in [3.63, 3.8) is 0 Å². The molecule has 2 nitrogen and oxygen atoms in total. The normalized spacial score (nSPS) is 18.3. The molecule has 0 unspecified atom stereocenters. The van der Waals surface area contributed by atoms with Gasteiger partial charge in [-0.25, -0.2) is 13.2 Å². The van der Waals surface area contributed by atoms with Gasteiger partial charge in [0.25, 0.3) is 0 Å². The molecule has 1 heterocycles. The Morgan fingerprint density at radius 3 is 2.11 bits per heavy atom. The highest BCUT2D eigenvalue weighted by Gasteiger charge is 2.23. The van der Waals surface area contributed by atoms with Crippen LogP contribution >= 0.6 is 0 Å². The van der Waals surface area contributed by atoms with E-state index in [0.717, 1.165) is 24.8 Å². The summed E-state index contributed by atoms with van der Waals surface area (Å²) in [6, 6.07) is 15.3. The molecule has 0 amide bonds. The monoisotopic (exact) mass is 480 g/mol. The van der Waals surface area contributed by atoms with Crippen molar-refractivity contribution in [2.24, 2.45) is 0 Å². The molecule has 0 aromatic heterocycles. The highest BCUT2D eigenvalue weighted by molar-refractivity contribution is 5.71. The zero-order valence-electron chi connectivity index (χ0n) is 20.2. The Bertz CT molecular complexity index is 1160. The number of ether oxygens (including phenoxy) is 2. The largest absolute Gasteiger partial charge is 0.348 e. The average Bonchev–Trinajstić information content (AvgIpc) is 2.88. The van der Waals surface area contributed by atoms with Crippen molar-refractivity contribution < 1.29 is 22.6 Å². The number of benzene rings is 3. The first kappa shape index (κ1) is 25.2. The third-order valence-corrected chi connectivity index (χ3v) is 6.46. The van der Waals surface area contributed by atoms with Gasteiger partial charge in [-0.05, 0) is 54.2 Å². The number of hydrogen-bond acceptors (Lipinski definition) is 2. The zero-order valence-corrected chi connectivity index (χ0v) is 20.2. The number of allylic oxidation sites excluding steroid dienone is 1. The summed E-state index contributed by atoms with van der Waals surface area (Å²) in [5.74, 6) is -2.00. The molecule has 1 aliphatic rings. The van der Waals surface area contributed by atoms with E-state index >= 15 is 0 Å². The molecule has 0 bridgehead atoms. The first-order valence-electron chi connectivity index (χ1n) is 12.2. The van der Waals surface area contributed by atoms with Gasteiger partial charge in [-0.1, -0.05) is 74.4 Å². The second-order valence-corrected chi connectivity index (χ2v) is 8.93. The van der Waals surface area contributed by atoms with Gasteiger partial charge in [0.15, 0.2) is 17.9 Å². The number of halogens is 3. The maximum atomic E-state index is 15.0. The molecule has 3 aromatic carbocycles. The van der Waals surface area contributed by atoms with Gasteiger partial charge in [-0.2, -0.15) is 0 Å². The van der Waals surface area contributed by atoms with Crippen LogP contribution in [0.5, 0.6) is 0 Å². The van der Waals surface area contributed by atoms with Crippen LogP contribution < -0.4 is 0 Å². The fraction of sp³-hybridized carbons (Fsp3) is 0.333. The summed E-state index contributed by atoms with van der Waals surface area (Å²) < 4.78 is 55.7. The molecule has 5 heteroatoms. The summed E-state index contributed by atoms with van der Waals surface area (Å²) in [6.07, 6.45) is 6.74. The van der Waals surface area contributed by atoms with Crippen molar-refractivity contribution in [3.05, 3.63) is 95.3 Å². The van der Waals surface area contributed by atoms with Crippen LogP contribution in [0.4, 0.5) is 13.2 Å². The van der Waals surface area contributed by atoms with Crippen LogP contribution in [0.15, 0.2) is 66.7 Å². The quantitative estimate of drug-likeness (QED) is 0.239. The van der Waals surface area contributed by atoms with E-state index in [4.69, 9.17) is 9.47 Å². The fourth-order valence-electron chi connectivity index (χ4n) is 4.40. The lowest BCUT2D eigenvalue weighted by molar-refractivity contribution is -0.159. The maximum Gasteiger partial charge on any atom is 0.176 e. The molecule has 1 fully saturated rings. The second-order valence-electron chi connectivity index (χ2n) is 8.93. The maximum absolute atomic E-state index is 15.0. The van der Waals surface area contributed by atoms with Gasteiger partial charge in [0, 0.05) is 17.0 Å². The van der Waals surface area contributed by atoms with Crippen LogP contribution in [0.2, 0.25) is 0 Å². The van der Waals surface area contributed by atoms with E-state index in [9.17, 15) is 13.2 Å². The van der Waals surface area contributed by atoms with Gasteiger partial charge in [0.05, 0.1) is 13.2 Å². The summed E-state index contributed by atoms with van der Waals surface area (Å²) in [4.78, 5) is 0. The van der Waals surface area contributed by atoms with Crippen molar-refractivity contribution in [2.75, 3.05) is 13.2 Å². The Morgan fingerprint density at radius 1 is 0.829 bits per heavy atom. The Labute approximate surface area is 205 Å². The molecule has 1 aliphatic heterocycles. The summed E-state index contributed by atoms with van der Waals surface area (Å²) in [7, 11) is 0. The summed E-state index contributed by atoms with van der Waals surface area (Å²) in [5.41, 5.74) is 3.09. The lowest BCUT2D eigenvalue weighted by atomic mass is 9.94. The van der Waals surface area contributed by atoms with Gasteiger partial charge in [-0.3, -0.25) is 0 Å². The summed E-state index contributed by atoms with van der Waals surface area (Å²) in [5, 5.41) is 0. The lowest BCUT2D eigenvalue weighted by Crippen LogP contribution is -2.29. The SMILES string of the molecule is CC=CC1OCC(c2ccc(-c3ccc(-c4ccc(CCCCC)c(F)c4F)cc3)c(F)c2)CO1. The van der Waals surface area contributed by atoms with Gasteiger partial charge >= 0.3 is 0 Å². The van der Waals surface area contributed by atoms with Crippen LogP contribution in [0, 0.1) is 17.5 Å². The molecule has 4 rings (SSSR count). The topological polar surface area (TPSA) is 18.5 Å². The van der Waals surface area contributed by atoms with Gasteiger partial charge < -0.3 is 9.47 Å². The lowest BCUT2D eigenvalue weighted by Gasteiger charge is -2.28. The second kappa shape index (κ2) is 11.7. The van der Waals surface area contributed by atoms with Gasteiger partial charge in [0.1, 0.15) is 5.82 Å². The van der Waals surface area contributed by atoms with Crippen LogP contribution in [-0.2, 0) is 15.9 Å². The number of rotatable bonds is 8. The Kier molecular flexibility index (Phi) is 8.42. The van der Waals surface area contributed by atoms with Gasteiger partial charge in [0.2, 0.25) is 0 Å². The van der Waals surface area contributed by atoms with Crippen molar-refractivity contribution in [3.8, 4) is 22.3 Å². The van der Waals surface area contributed by atoms with Crippen LogP contribution in [0.3, 0.4) is 0 Å². The third kappa shape index (κ3) is 5.85. The molecule has 0 aliphatic carbocycles. The number of unbranched alkanes of at least 4 members (excludes halogenated alkanes) is 2. The van der Waals surface area contributed by atoms with E-state index in [1.54, 1.807) is 42.5 Å². The van der Waals surface area contributed by atoms with Crippen molar-refractivity contribution >= 4 is 0 Å². The van der Waals surface area contributed by atoms with E-state index in [0.29, 0.717) is 41.9 Å². The molecule has 184 valence electrons. The molecule has 0 atom stereocenters. The Morgan fingerprint density at radius 2 is 1.49 bits per heavy atom. The van der Waals surface area contributed by atoms with Crippen LogP contribution in [0.25, 0.3) is 22.3 Å². The zero-order chi connectivity index (χ0) is 24.8. The minimum Gasteiger partial charge on any atom is -0.348 e. The average molecular weight is 481 g/mol. The van der Waals surface area contributed by atoms with E-state index in [1.807, 2.05) is 25.1 Å². The molecule has 0 radical (unpaired) electrons. The van der Waals surface area contributed by atoms with Gasteiger partial charge in [-0.15, -0.1) is 0 Å². The Hall–Kier alpha value is -2.89. The predicted molar refractivity (Wildman–Crippen MR) is 134 cm³/mol. The van der Waals surface area contributed by atoms with Crippen LogP contribution in [-0.4, -0.2) is 19.5 Å². The van der Waals surface area contributed by atoms with Crippen molar-refractivity contribution in [1.29, 1.82) is 0 Å². The minimum absolute atomic E-state index is 0.0368. The fourth-order valence-corrected chi connectivity index (χ4v) is 4.40. The highest BCUT2D eigenvalue weighted by atomic mass is 19.2. The van der Waals surface area contributed by atoms with E-state index in [1.165, 1.54) is 6.07 Å². The molecule has 0 N–H and O–H groups in total. The molecular formula is C30H31F3O2.